The molecule has 0 saturated carbocycles. The molecule has 0 unspecified atom stereocenters. The average molecular weight is 331 g/mol. The molecule has 0 N–H and O–H groups in total. The van der Waals surface area contributed by atoms with Gasteiger partial charge in [0.1, 0.15) is 0 Å². The van der Waals surface area contributed by atoms with E-state index < -0.39 is 0 Å². The maximum Gasteiger partial charge on any atom is 0.228 e. The lowest BCUT2D eigenvalue weighted by Crippen LogP contribution is -2.52. The number of unbranched alkanes of at least 4 members (excludes halogenated alkanes) is 2. The first-order valence-corrected chi connectivity index (χ1v) is 9.47. The molecule has 0 radical (unpaired) electrons. The van der Waals surface area contributed by atoms with Crippen LogP contribution in [0.25, 0.3) is 0 Å². The molecule has 3 nitrogen and oxygen atoms in total. The Morgan fingerprint density at radius 1 is 1.04 bits per heavy atom. The summed E-state index contributed by atoms with van der Waals surface area (Å²) < 4.78 is 0. The number of para-hydroxylation sites is 1. The number of amides is 1. The molecule has 1 saturated heterocycles. The van der Waals surface area contributed by atoms with E-state index >= 15 is 0 Å². The molecule has 1 heterocycles. The van der Waals surface area contributed by atoms with Crippen molar-refractivity contribution in [2.24, 2.45) is 5.41 Å². The first kappa shape index (κ1) is 18.8. The Morgan fingerprint density at radius 2 is 1.62 bits per heavy atom. The van der Waals surface area contributed by atoms with Gasteiger partial charge in [-0.3, -0.25) is 4.79 Å². The SMILES string of the molecule is CCCCCC(C)(C)C(=O)N1CCN(c2c(C)cccc2C)CC1. The molecule has 1 aromatic rings. The van der Waals surface area contributed by atoms with Gasteiger partial charge in [0.15, 0.2) is 0 Å². The molecule has 1 fully saturated rings. The second kappa shape index (κ2) is 8.04. The van der Waals surface area contributed by atoms with Crippen molar-refractivity contribution in [1.82, 2.24) is 4.90 Å². The van der Waals surface area contributed by atoms with Gasteiger partial charge in [-0.05, 0) is 31.4 Å². The second-order valence-corrected chi connectivity index (χ2v) is 7.86. The molecule has 0 aromatic heterocycles. The topological polar surface area (TPSA) is 23.6 Å². The highest BCUT2D eigenvalue weighted by atomic mass is 16.2. The third-order valence-corrected chi connectivity index (χ3v) is 5.31. The molecule has 0 aliphatic carbocycles. The molecule has 1 aliphatic heterocycles. The van der Waals surface area contributed by atoms with Crippen LogP contribution in [0, 0.1) is 19.3 Å². The number of hydrogen-bond donors (Lipinski definition) is 0. The van der Waals surface area contributed by atoms with Gasteiger partial charge < -0.3 is 9.80 Å². The molecule has 1 aromatic carbocycles. The lowest BCUT2D eigenvalue weighted by Gasteiger charge is -2.40. The smallest absolute Gasteiger partial charge is 0.228 e. The van der Waals surface area contributed by atoms with Gasteiger partial charge in [-0.2, -0.15) is 0 Å². The zero-order valence-corrected chi connectivity index (χ0v) is 16.2. The van der Waals surface area contributed by atoms with Crippen molar-refractivity contribution in [2.75, 3.05) is 31.1 Å². The largest absolute Gasteiger partial charge is 0.368 e. The summed E-state index contributed by atoms with van der Waals surface area (Å²) in [5.41, 5.74) is 3.78. The molecule has 3 heteroatoms. The van der Waals surface area contributed by atoms with Crippen molar-refractivity contribution in [3.63, 3.8) is 0 Å². The highest BCUT2D eigenvalue weighted by Gasteiger charge is 2.33. The number of hydrogen-bond acceptors (Lipinski definition) is 2. The van der Waals surface area contributed by atoms with E-state index in [9.17, 15) is 4.79 Å². The van der Waals surface area contributed by atoms with Crippen molar-refractivity contribution in [3.05, 3.63) is 29.3 Å². The summed E-state index contributed by atoms with van der Waals surface area (Å²) in [6.45, 7) is 14.3. The van der Waals surface area contributed by atoms with Crippen LogP contribution in [-0.4, -0.2) is 37.0 Å². The predicted octanol–water partition coefficient (Wildman–Crippen LogP) is 4.56. The van der Waals surface area contributed by atoms with Crippen molar-refractivity contribution >= 4 is 11.6 Å². The van der Waals surface area contributed by atoms with E-state index in [1.54, 1.807) is 0 Å². The lowest BCUT2D eigenvalue weighted by atomic mass is 9.85. The Balaban J connectivity index is 1.96. The predicted molar refractivity (Wildman–Crippen MR) is 103 cm³/mol. The minimum atomic E-state index is -0.226. The summed E-state index contributed by atoms with van der Waals surface area (Å²) in [5, 5.41) is 0. The fourth-order valence-electron chi connectivity index (χ4n) is 3.79. The van der Waals surface area contributed by atoms with Gasteiger partial charge in [0.2, 0.25) is 5.91 Å². The summed E-state index contributed by atoms with van der Waals surface area (Å²) in [5.74, 6) is 0.333. The van der Waals surface area contributed by atoms with E-state index in [2.05, 4.69) is 62.6 Å². The zero-order chi connectivity index (χ0) is 17.7. The lowest BCUT2D eigenvalue weighted by molar-refractivity contribution is -0.141. The molecule has 0 bridgehead atoms. The number of piperazine rings is 1. The third kappa shape index (κ3) is 4.31. The van der Waals surface area contributed by atoms with Gasteiger partial charge >= 0.3 is 0 Å². The van der Waals surface area contributed by atoms with E-state index in [4.69, 9.17) is 0 Å². The molecular weight excluding hydrogens is 296 g/mol. The van der Waals surface area contributed by atoms with Crippen LogP contribution < -0.4 is 4.90 Å². The van der Waals surface area contributed by atoms with Crippen LogP contribution in [-0.2, 0) is 4.79 Å². The van der Waals surface area contributed by atoms with Crippen LogP contribution in [0.5, 0.6) is 0 Å². The Labute approximate surface area is 148 Å². The highest BCUT2D eigenvalue weighted by Crippen LogP contribution is 2.29. The van der Waals surface area contributed by atoms with Gasteiger partial charge in [-0.25, -0.2) is 0 Å². The maximum absolute atomic E-state index is 12.9. The van der Waals surface area contributed by atoms with E-state index in [0.717, 1.165) is 39.0 Å². The van der Waals surface area contributed by atoms with Gasteiger partial charge in [0, 0.05) is 37.3 Å². The maximum atomic E-state index is 12.9. The van der Waals surface area contributed by atoms with Crippen LogP contribution in [0.1, 0.15) is 57.6 Å². The summed E-state index contributed by atoms with van der Waals surface area (Å²) in [6.07, 6.45) is 4.57. The summed E-state index contributed by atoms with van der Waals surface area (Å²) in [7, 11) is 0. The molecule has 134 valence electrons. The van der Waals surface area contributed by atoms with Gasteiger partial charge in [0.25, 0.3) is 0 Å². The number of anilines is 1. The van der Waals surface area contributed by atoms with Gasteiger partial charge in [-0.15, -0.1) is 0 Å². The monoisotopic (exact) mass is 330 g/mol. The standard InChI is InChI=1S/C21H34N2O/c1-6-7-8-12-21(4,5)20(24)23-15-13-22(14-16-23)19-17(2)10-9-11-18(19)3/h9-11H,6-8,12-16H2,1-5H3. The molecule has 0 spiro atoms. The Morgan fingerprint density at radius 3 is 2.17 bits per heavy atom. The van der Waals surface area contributed by atoms with E-state index in [1.807, 2.05) is 0 Å². The highest BCUT2D eigenvalue weighted by molar-refractivity contribution is 5.82. The molecule has 1 aliphatic rings. The molecule has 1 amide bonds. The van der Waals surface area contributed by atoms with Crippen molar-refractivity contribution in [1.29, 1.82) is 0 Å². The minimum absolute atomic E-state index is 0.226. The zero-order valence-electron chi connectivity index (χ0n) is 16.2. The van der Waals surface area contributed by atoms with Crippen LogP contribution in [0.3, 0.4) is 0 Å². The van der Waals surface area contributed by atoms with Gasteiger partial charge in [-0.1, -0.05) is 58.2 Å². The summed E-state index contributed by atoms with van der Waals surface area (Å²) in [6, 6.07) is 6.47. The van der Waals surface area contributed by atoms with E-state index in [1.165, 1.54) is 29.7 Å². The molecule has 0 atom stereocenters. The fourth-order valence-corrected chi connectivity index (χ4v) is 3.79. The number of rotatable bonds is 6. The first-order chi connectivity index (χ1) is 11.4. The van der Waals surface area contributed by atoms with Crippen molar-refractivity contribution in [2.45, 2.75) is 60.3 Å². The van der Waals surface area contributed by atoms with Gasteiger partial charge in [0.05, 0.1) is 0 Å². The Bertz CT molecular complexity index is 537. The van der Waals surface area contributed by atoms with Crippen LogP contribution in [0.2, 0.25) is 0 Å². The van der Waals surface area contributed by atoms with Crippen LogP contribution in [0.4, 0.5) is 5.69 Å². The molecular formula is C21H34N2O. The van der Waals surface area contributed by atoms with Crippen molar-refractivity contribution < 1.29 is 4.79 Å². The number of aryl methyl sites for hydroxylation is 2. The van der Waals surface area contributed by atoms with Crippen LogP contribution in [0.15, 0.2) is 18.2 Å². The third-order valence-electron chi connectivity index (χ3n) is 5.31. The first-order valence-electron chi connectivity index (χ1n) is 9.47. The van der Waals surface area contributed by atoms with E-state index in [-0.39, 0.29) is 5.41 Å². The number of nitrogens with zero attached hydrogens (tertiary/aromatic N) is 2. The minimum Gasteiger partial charge on any atom is -0.368 e. The Kier molecular flexibility index (Phi) is 6.31. The normalized spacial score (nSPS) is 15.7. The quantitative estimate of drug-likeness (QED) is 0.714. The summed E-state index contributed by atoms with van der Waals surface area (Å²) in [4.78, 5) is 17.4. The summed E-state index contributed by atoms with van der Waals surface area (Å²) >= 11 is 0. The second-order valence-electron chi connectivity index (χ2n) is 7.86. The average Bonchev–Trinajstić information content (AvgIpc) is 2.55. The molecule has 24 heavy (non-hydrogen) atoms. The van der Waals surface area contributed by atoms with Crippen molar-refractivity contribution in [3.8, 4) is 0 Å². The Hall–Kier alpha value is -1.51. The molecule has 2 rings (SSSR count). The number of carbonyl (C=O) groups is 1. The number of benzene rings is 1. The fraction of sp³-hybridized carbons (Fsp3) is 0.667. The number of carbonyl (C=O) groups excluding carboxylic acids is 1. The van der Waals surface area contributed by atoms with E-state index in [0.29, 0.717) is 5.91 Å². The van der Waals surface area contributed by atoms with Crippen LogP contribution >= 0.6 is 0 Å².